The lowest BCUT2D eigenvalue weighted by atomic mass is 9.72. The highest BCUT2D eigenvalue weighted by molar-refractivity contribution is 5.87. The van der Waals surface area contributed by atoms with E-state index in [9.17, 15) is 14.7 Å². The van der Waals surface area contributed by atoms with Crippen molar-refractivity contribution >= 4 is 17.7 Å². The number of aliphatic carboxylic acids is 1. The molecule has 3 heterocycles. The minimum absolute atomic E-state index is 0.0447. The van der Waals surface area contributed by atoms with Gasteiger partial charge in [-0.3, -0.25) is 4.79 Å². The number of hydrogen-bond donors (Lipinski definition) is 2. The Balaban J connectivity index is 1.61. The van der Waals surface area contributed by atoms with Gasteiger partial charge in [0.25, 0.3) is 0 Å². The van der Waals surface area contributed by atoms with Crippen LogP contribution >= 0.6 is 0 Å². The molecule has 0 radical (unpaired) electrons. The quantitative estimate of drug-likeness (QED) is 0.361. The van der Waals surface area contributed by atoms with Crippen LogP contribution in [-0.2, 0) is 16.1 Å². The smallest absolute Gasteiger partial charge is 0.326 e. The molecule has 9 heteroatoms. The molecule has 2 aromatic rings. The largest absolute Gasteiger partial charge is 0.481 e. The van der Waals surface area contributed by atoms with Crippen molar-refractivity contribution in [1.29, 1.82) is 0 Å². The predicted octanol–water partition coefficient (Wildman–Crippen LogP) is 5.95. The van der Waals surface area contributed by atoms with E-state index in [0.29, 0.717) is 18.3 Å². The summed E-state index contributed by atoms with van der Waals surface area (Å²) in [4.78, 5) is 40.9. The lowest BCUT2D eigenvalue weighted by Crippen LogP contribution is -2.49. The topological polar surface area (TPSA) is 108 Å². The molecule has 240 valence electrons. The standard InChI is InChI=1S/C35H51N5O4/c1-35(2,3)27-28(37-21-25-19-24(20-38-32(25)44-6)22-13-10-11-14-22)29(26-17-12-18-36-31(26)39(4)5)40(30(27)34(42)43)33(41)23-15-8-7-9-16-23/h12,17-20,22-23,27-30,37H,7-11,13-16,21H2,1-6H3,(H,42,43)/t27-,28-,29-,30-/m0/s1. The number of hydrogen-bond acceptors (Lipinski definition) is 7. The van der Waals surface area contributed by atoms with Gasteiger partial charge < -0.3 is 25.0 Å². The van der Waals surface area contributed by atoms with Gasteiger partial charge in [-0.05, 0) is 54.7 Å². The van der Waals surface area contributed by atoms with Crippen LogP contribution in [0.1, 0.15) is 107 Å². The Bertz CT molecular complexity index is 1310. The van der Waals surface area contributed by atoms with Crippen LogP contribution in [0.2, 0.25) is 0 Å². The van der Waals surface area contributed by atoms with Gasteiger partial charge in [-0.15, -0.1) is 0 Å². The molecule has 3 aliphatic rings. The summed E-state index contributed by atoms with van der Waals surface area (Å²) in [6, 6.07) is 4.26. The molecular formula is C35H51N5O4. The number of anilines is 1. The summed E-state index contributed by atoms with van der Waals surface area (Å²) in [5.41, 5.74) is 2.62. The van der Waals surface area contributed by atoms with Gasteiger partial charge in [-0.1, -0.05) is 58.9 Å². The molecule has 2 saturated carbocycles. The fourth-order valence-corrected chi connectivity index (χ4v) is 8.16. The number of carboxylic acid groups (broad SMARTS) is 1. The minimum Gasteiger partial charge on any atom is -0.481 e. The molecule has 2 aromatic heterocycles. The number of nitrogens with one attached hydrogen (secondary N) is 1. The maximum Gasteiger partial charge on any atom is 0.326 e. The van der Waals surface area contributed by atoms with Crippen molar-refractivity contribution < 1.29 is 19.4 Å². The van der Waals surface area contributed by atoms with E-state index >= 15 is 0 Å². The van der Waals surface area contributed by atoms with Crippen molar-refractivity contribution in [3.05, 3.63) is 47.3 Å². The van der Waals surface area contributed by atoms with Gasteiger partial charge >= 0.3 is 5.97 Å². The zero-order chi connectivity index (χ0) is 31.6. The van der Waals surface area contributed by atoms with E-state index in [0.717, 1.165) is 49.0 Å². The van der Waals surface area contributed by atoms with Gasteiger partial charge in [-0.2, -0.15) is 0 Å². The van der Waals surface area contributed by atoms with E-state index in [2.05, 4.69) is 37.1 Å². The number of nitrogens with zero attached hydrogens (tertiary/aromatic N) is 4. The van der Waals surface area contributed by atoms with Crippen molar-refractivity contribution in [1.82, 2.24) is 20.2 Å². The highest BCUT2D eigenvalue weighted by Crippen LogP contribution is 2.50. The van der Waals surface area contributed by atoms with Gasteiger partial charge in [0.2, 0.25) is 11.8 Å². The second-order valence-corrected chi connectivity index (χ2v) is 14.3. The molecule has 0 aromatic carbocycles. The summed E-state index contributed by atoms with van der Waals surface area (Å²) in [5.74, 6) is 0.280. The molecule has 2 N–H and O–H groups in total. The lowest BCUT2D eigenvalue weighted by Gasteiger charge is -2.36. The Labute approximate surface area is 262 Å². The van der Waals surface area contributed by atoms with Crippen LogP contribution < -0.4 is 15.0 Å². The van der Waals surface area contributed by atoms with Crippen molar-refractivity contribution in [2.45, 2.75) is 109 Å². The number of methoxy groups -OCH3 is 1. The second kappa shape index (κ2) is 13.4. The first-order valence-corrected chi connectivity index (χ1v) is 16.5. The van der Waals surface area contributed by atoms with Gasteiger partial charge in [0.15, 0.2) is 0 Å². The maximum atomic E-state index is 14.5. The summed E-state index contributed by atoms with van der Waals surface area (Å²) in [6.45, 7) is 6.71. The molecule has 3 fully saturated rings. The first-order chi connectivity index (χ1) is 21.0. The lowest BCUT2D eigenvalue weighted by molar-refractivity contribution is -0.154. The third-order valence-electron chi connectivity index (χ3n) is 10.2. The van der Waals surface area contributed by atoms with Crippen LogP contribution in [0.4, 0.5) is 5.82 Å². The summed E-state index contributed by atoms with van der Waals surface area (Å²) < 4.78 is 5.71. The van der Waals surface area contributed by atoms with Crippen LogP contribution in [-0.4, -0.2) is 65.1 Å². The number of rotatable bonds is 9. The van der Waals surface area contributed by atoms with Crippen LogP contribution in [0.25, 0.3) is 0 Å². The van der Waals surface area contributed by atoms with Crippen LogP contribution in [0, 0.1) is 17.3 Å². The highest BCUT2D eigenvalue weighted by atomic mass is 16.5. The van der Waals surface area contributed by atoms with Crippen molar-refractivity contribution in [2.24, 2.45) is 17.3 Å². The minimum atomic E-state index is -0.980. The number of pyridine rings is 2. The van der Waals surface area contributed by atoms with E-state index in [4.69, 9.17) is 9.72 Å². The van der Waals surface area contributed by atoms with Gasteiger partial charge in [-0.25, -0.2) is 14.8 Å². The Morgan fingerprint density at radius 2 is 1.75 bits per heavy atom. The maximum absolute atomic E-state index is 14.5. The Hall–Kier alpha value is -3.20. The van der Waals surface area contributed by atoms with E-state index in [1.54, 1.807) is 18.2 Å². The summed E-state index contributed by atoms with van der Waals surface area (Å²) in [7, 11) is 5.52. The van der Waals surface area contributed by atoms with E-state index in [1.165, 1.54) is 31.2 Å². The molecule has 1 aliphatic heterocycles. The molecule has 5 rings (SSSR count). The van der Waals surface area contributed by atoms with E-state index in [1.807, 2.05) is 37.3 Å². The molecule has 0 spiro atoms. The van der Waals surface area contributed by atoms with Crippen molar-refractivity contribution in [3.63, 3.8) is 0 Å². The molecular weight excluding hydrogens is 554 g/mol. The molecule has 1 amide bonds. The number of carbonyl (C=O) groups excluding carboxylic acids is 1. The van der Waals surface area contributed by atoms with Crippen molar-refractivity contribution in [3.8, 4) is 5.88 Å². The molecule has 9 nitrogen and oxygen atoms in total. The summed E-state index contributed by atoms with van der Waals surface area (Å²) in [5, 5.41) is 14.7. The Kier molecular flexibility index (Phi) is 9.83. The van der Waals surface area contributed by atoms with Crippen molar-refractivity contribution in [2.75, 3.05) is 26.1 Å². The normalized spacial score (nSPS) is 24.9. The van der Waals surface area contributed by atoms with E-state index < -0.39 is 23.5 Å². The average Bonchev–Trinajstić information content (AvgIpc) is 3.67. The van der Waals surface area contributed by atoms with Gasteiger partial charge in [0.1, 0.15) is 11.9 Å². The number of aromatic nitrogens is 2. The van der Waals surface area contributed by atoms with Gasteiger partial charge in [0, 0.05) is 62.0 Å². The average molecular weight is 606 g/mol. The predicted molar refractivity (Wildman–Crippen MR) is 172 cm³/mol. The summed E-state index contributed by atoms with van der Waals surface area (Å²) in [6.07, 6.45) is 13.2. The molecule has 4 atom stereocenters. The fourth-order valence-electron chi connectivity index (χ4n) is 8.16. The number of likely N-dealkylation sites (tertiary alicyclic amines) is 1. The first-order valence-electron chi connectivity index (χ1n) is 16.5. The molecule has 44 heavy (non-hydrogen) atoms. The van der Waals surface area contributed by atoms with Gasteiger partial charge in [0.05, 0.1) is 13.2 Å². The third kappa shape index (κ3) is 6.44. The highest BCUT2D eigenvalue weighted by Gasteiger charge is 2.59. The molecule has 2 aliphatic carbocycles. The Morgan fingerprint density at radius 1 is 1.07 bits per heavy atom. The van der Waals surface area contributed by atoms with Crippen LogP contribution in [0.3, 0.4) is 0 Å². The SMILES string of the molecule is COc1ncc(C2CCCC2)cc1CN[C@H]1[C@H](C(C)(C)C)[C@@H](C(=O)O)N(C(=O)C2CCCCC2)[C@H]1c1cccnc1N(C)C. The number of carboxylic acids is 1. The third-order valence-corrected chi connectivity index (χ3v) is 10.2. The van der Waals surface area contributed by atoms with E-state index in [-0.39, 0.29) is 23.8 Å². The molecule has 0 unspecified atom stereocenters. The Morgan fingerprint density at radius 3 is 2.36 bits per heavy atom. The zero-order valence-electron chi connectivity index (χ0n) is 27.4. The summed E-state index contributed by atoms with van der Waals surface area (Å²) >= 11 is 0. The first kappa shape index (κ1) is 32.2. The second-order valence-electron chi connectivity index (χ2n) is 14.3. The fraction of sp³-hybridized carbons (Fsp3) is 0.657. The monoisotopic (exact) mass is 605 g/mol. The van der Waals surface area contributed by atoms with Crippen LogP contribution in [0.15, 0.2) is 30.6 Å². The molecule has 0 bridgehead atoms. The zero-order valence-corrected chi connectivity index (χ0v) is 27.4. The number of ether oxygens (including phenoxy) is 1. The van der Waals surface area contributed by atoms with Crippen LogP contribution in [0.5, 0.6) is 5.88 Å². The number of amides is 1. The number of carbonyl (C=O) groups is 2. The molecule has 1 saturated heterocycles.